The van der Waals surface area contributed by atoms with Gasteiger partial charge in [-0.15, -0.1) is 0 Å². The molecule has 2 rings (SSSR count). The number of carboxylic acid groups (broad SMARTS) is 1. The van der Waals surface area contributed by atoms with Crippen LogP contribution < -0.4 is 9.47 Å². The highest BCUT2D eigenvalue weighted by Crippen LogP contribution is 2.18. The number of hydrogen-bond acceptors (Lipinski definition) is 6. The molecule has 1 aromatic heterocycles. The number of thiazole rings is 1. The van der Waals surface area contributed by atoms with Crippen molar-refractivity contribution >= 4 is 17.3 Å². The van der Waals surface area contributed by atoms with Crippen LogP contribution >= 0.6 is 11.3 Å². The van der Waals surface area contributed by atoms with Gasteiger partial charge in [0.1, 0.15) is 12.4 Å². The van der Waals surface area contributed by atoms with E-state index in [-0.39, 0.29) is 0 Å². The Morgan fingerprint density at radius 3 is 2.55 bits per heavy atom. The number of aliphatic carboxylic acids is 1. The number of carbonyl (C=O) groups is 1. The number of methoxy groups -OCH3 is 2. The third kappa shape index (κ3) is 7.30. The van der Waals surface area contributed by atoms with E-state index in [0.29, 0.717) is 11.8 Å². The Labute approximate surface area is 132 Å². The van der Waals surface area contributed by atoms with Crippen molar-refractivity contribution in [2.24, 2.45) is 0 Å². The van der Waals surface area contributed by atoms with Crippen molar-refractivity contribution < 1.29 is 24.1 Å². The number of nitrogens with zero attached hydrogens (tertiary/aromatic N) is 1. The lowest BCUT2D eigenvalue weighted by molar-refractivity contribution is -0.131. The molecule has 118 valence electrons. The van der Waals surface area contributed by atoms with Gasteiger partial charge >= 0.3 is 5.97 Å². The summed E-state index contributed by atoms with van der Waals surface area (Å²) < 4.78 is 14.8. The molecule has 6 nitrogen and oxygen atoms in total. The highest BCUT2D eigenvalue weighted by molar-refractivity contribution is 7.11. The fourth-order valence-corrected chi connectivity index (χ4v) is 1.87. The molecule has 0 saturated carbocycles. The summed E-state index contributed by atoms with van der Waals surface area (Å²) in [6.07, 6.45) is 2.02. The van der Waals surface area contributed by atoms with Crippen molar-refractivity contribution in [3.63, 3.8) is 0 Å². The molecule has 0 saturated heterocycles. The lowest BCUT2D eigenvalue weighted by Crippen LogP contribution is -1.95. The number of hydrogen-bond donors (Lipinski definition) is 1. The first-order valence-electron chi connectivity index (χ1n) is 6.24. The van der Waals surface area contributed by atoms with Gasteiger partial charge in [0.15, 0.2) is 0 Å². The summed E-state index contributed by atoms with van der Waals surface area (Å²) in [7, 11) is 3.00. The average Bonchev–Trinajstić information content (AvgIpc) is 3.00. The van der Waals surface area contributed by atoms with Crippen LogP contribution in [0.2, 0.25) is 0 Å². The molecule has 0 spiro atoms. The Morgan fingerprint density at radius 2 is 2.05 bits per heavy atom. The average molecular weight is 323 g/mol. The van der Waals surface area contributed by atoms with Crippen molar-refractivity contribution in [3.8, 4) is 10.9 Å². The lowest BCUT2D eigenvalue weighted by atomic mass is 10.3. The summed E-state index contributed by atoms with van der Waals surface area (Å²) in [6, 6.07) is 9.68. The Balaban J connectivity index is 0.000000295. The van der Waals surface area contributed by atoms with Crippen molar-refractivity contribution in [1.29, 1.82) is 0 Å². The van der Waals surface area contributed by atoms with E-state index in [1.807, 2.05) is 35.7 Å². The van der Waals surface area contributed by atoms with E-state index in [1.54, 1.807) is 7.11 Å². The third-order valence-corrected chi connectivity index (χ3v) is 3.03. The second-order valence-corrected chi connectivity index (χ2v) is 4.61. The first-order chi connectivity index (χ1) is 10.7. The summed E-state index contributed by atoms with van der Waals surface area (Å²) in [6.45, 7) is 0.476. The third-order valence-electron chi connectivity index (χ3n) is 2.18. The molecular formula is C15H17NO5S. The molecule has 0 fully saturated rings. The molecule has 0 radical (unpaired) electrons. The minimum absolute atomic E-state index is 0.476. The van der Waals surface area contributed by atoms with E-state index in [4.69, 9.17) is 14.6 Å². The molecule has 0 aliphatic heterocycles. The minimum atomic E-state index is -0.998. The Bertz CT molecular complexity index is 583. The molecular weight excluding hydrogens is 306 g/mol. The van der Waals surface area contributed by atoms with Gasteiger partial charge in [0, 0.05) is 5.38 Å². The SMILES string of the molecule is COC=CC(=O)O.COc1nc(COc2ccccc2)cs1. The van der Waals surface area contributed by atoms with Crippen LogP contribution in [0.25, 0.3) is 0 Å². The van der Waals surface area contributed by atoms with Crippen LogP contribution in [0.1, 0.15) is 5.69 Å². The molecule has 0 aliphatic rings. The number of rotatable bonds is 6. The molecule has 0 unspecified atom stereocenters. The smallest absolute Gasteiger partial charge is 0.331 e. The number of para-hydroxylation sites is 1. The summed E-state index contributed by atoms with van der Waals surface area (Å²) in [4.78, 5) is 13.8. The largest absolute Gasteiger partial charge is 0.504 e. The quantitative estimate of drug-likeness (QED) is 0.650. The predicted octanol–water partition coefficient (Wildman–Crippen LogP) is 2.96. The Kier molecular flexibility index (Phi) is 8.14. The summed E-state index contributed by atoms with van der Waals surface area (Å²) >= 11 is 1.47. The van der Waals surface area contributed by atoms with E-state index >= 15 is 0 Å². The maximum atomic E-state index is 9.59. The van der Waals surface area contributed by atoms with Gasteiger partial charge in [-0.3, -0.25) is 0 Å². The summed E-state index contributed by atoms with van der Waals surface area (Å²) in [5.41, 5.74) is 0.890. The molecule has 7 heteroatoms. The van der Waals surface area contributed by atoms with Crippen LogP contribution in [0, 0.1) is 0 Å². The van der Waals surface area contributed by atoms with Gasteiger partial charge in [-0.25, -0.2) is 9.78 Å². The van der Waals surface area contributed by atoms with Crippen molar-refractivity contribution in [2.45, 2.75) is 6.61 Å². The maximum absolute atomic E-state index is 9.59. The monoisotopic (exact) mass is 323 g/mol. The van der Waals surface area contributed by atoms with E-state index in [1.165, 1.54) is 18.4 Å². The van der Waals surface area contributed by atoms with E-state index in [2.05, 4.69) is 9.72 Å². The molecule has 1 heterocycles. The topological polar surface area (TPSA) is 77.9 Å². The molecule has 0 bridgehead atoms. The van der Waals surface area contributed by atoms with Gasteiger partial charge < -0.3 is 19.3 Å². The molecule has 22 heavy (non-hydrogen) atoms. The molecule has 0 atom stereocenters. The first-order valence-corrected chi connectivity index (χ1v) is 7.12. The fourth-order valence-electron chi connectivity index (χ4n) is 1.25. The van der Waals surface area contributed by atoms with Crippen LogP contribution in [-0.2, 0) is 16.1 Å². The van der Waals surface area contributed by atoms with Gasteiger partial charge in [-0.05, 0) is 12.1 Å². The number of carboxylic acids is 1. The van der Waals surface area contributed by atoms with Gasteiger partial charge in [0.25, 0.3) is 5.19 Å². The predicted molar refractivity (Wildman–Crippen MR) is 83.2 cm³/mol. The maximum Gasteiger partial charge on any atom is 0.331 e. The van der Waals surface area contributed by atoms with Crippen LogP contribution in [0.5, 0.6) is 10.9 Å². The fraction of sp³-hybridized carbons (Fsp3) is 0.200. The van der Waals surface area contributed by atoms with E-state index in [0.717, 1.165) is 23.8 Å². The molecule has 1 aromatic carbocycles. The number of benzene rings is 1. The lowest BCUT2D eigenvalue weighted by Gasteiger charge is -2.02. The van der Waals surface area contributed by atoms with Crippen molar-refractivity contribution in [1.82, 2.24) is 4.98 Å². The second kappa shape index (κ2) is 10.2. The van der Waals surface area contributed by atoms with Crippen LogP contribution in [0.3, 0.4) is 0 Å². The zero-order valence-corrected chi connectivity index (χ0v) is 13.1. The zero-order valence-electron chi connectivity index (χ0n) is 12.3. The van der Waals surface area contributed by atoms with Crippen molar-refractivity contribution in [2.75, 3.05) is 14.2 Å². The van der Waals surface area contributed by atoms with Gasteiger partial charge in [0.05, 0.1) is 32.3 Å². The highest BCUT2D eigenvalue weighted by atomic mass is 32.1. The first kappa shape index (κ1) is 17.5. The number of ether oxygens (including phenoxy) is 3. The van der Waals surface area contributed by atoms with Crippen LogP contribution in [0.4, 0.5) is 0 Å². The van der Waals surface area contributed by atoms with Crippen molar-refractivity contribution in [3.05, 3.63) is 53.7 Å². The Hall–Kier alpha value is -2.54. The van der Waals surface area contributed by atoms with Gasteiger partial charge in [-0.2, -0.15) is 0 Å². The normalized spacial score (nSPS) is 9.73. The molecule has 0 aliphatic carbocycles. The summed E-state index contributed by atoms with van der Waals surface area (Å²) in [5, 5.41) is 10.5. The Morgan fingerprint density at radius 1 is 1.32 bits per heavy atom. The molecule has 0 amide bonds. The van der Waals surface area contributed by atoms with Crippen LogP contribution in [0.15, 0.2) is 48.0 Å². The van der Waals surface area contributed by atoms with Gasteiger partial charge in [-0.1, -0.05) is 29.5 Å². The minimum Gasteiger partial charge on any atom is -0.504 e. The standard InChI is InChI=1S/C11H11NO2S.C4H6O3/c1-13-11-12-9(8-15-11)7-14-10-5-3-2-4-6-10;1-7-3-2-4(5)6/h2-6,8H,7H2,1H3;2-3H,1H3,(H,5,6). The summed E-state index contributed by atoms with van der Waals surface area (Å²) in [5.74, 6) is -0.147. The highest BCUT2D eigenvalue weighted by Gasteiger charge is 2.01. The zero-order chi connectivity index (χ0) is 16.2. The molecule has 1 N–H and O–H groups in total. The van der Waals surface area contributed by atoms with Crippen LogP contribution in [-0.4, -0.2) is 30.3 Å². The van der Waals surface area contributed by atoms with E-state index < -0.39 is 5.97 Å². The number of aromatic nitrogens is 1. The molecule has 2 aromatic rings. The van der Waals surface area contributed by atoms with E-state index in [9.17, 15) is 4.79 Å². The van der Waals surface area contributed by atoms with Gasteiger partial charge in [0.2, 0.25) is 0 Å². The second-order valence-electron chi connectivity index (χ2n) is 3.79.